The zero-order chi connectivity index (χ0) is 10.9. The van der Waals surface area contributed by atoms with Gasteiger partial charge in [-0.15, -0.1) is 0 Å². The summed E-state index contributed by atoms with van der Waals surface area (Å²) in [6.45, 7) is 8.53. The molecular weight excluding hydrogens is 194 g/mol. The predicted molar refractivity (Wildman–Crippen MR) is 62.7 cm³/mol. The molecule has 0 heterocycles. The summed E-state index contributed by atoms with van der Waals surface area (Å²) >= 11 is 0. The normalized spacial score (nSPS) is 35.5. The molecule has 1 aliphatic carbocycles. The molecule has 0 aromatic heterocycles. The molecule has 2 N–H and O–H groups in total. The Morgan fingerprint density at radius 1 is 1.57 bits per heavy atom. The summed E-state index contributed by atoms with van der Waals surface area (Å²) in [4.78, 5) is 0. The minimum atomic E-state index is -0.742. The largest absolute Gasteiger partial charge is 0.326 e. The Bertz CT molecular complexity index is 227. The van der Waals surface area contributed by atoms with E-state index in [4.69, 9.17) is 5.73 Å². The van der Waals surface area contributed by atoms with Crippen molar-refractivity contribution in [3.05, 3.63) is 0 Å². The van der Waals surface area contributed by atoms with Gasteiger partial charge in [-0.3, -0.25) is 4.21 Å². The maximum atomic E-state index is 12.1. The van der Waals surface area contributed by atoms with Crippen LogP contribution in [0.5, 0.6) is 0 Å². The van der Waals surface area contributed by atoms with E-state index < -0.39 is 10.8 Å². The van der Waals surface area contributed by atoms with Crippen LogP contribution in [0.2, 0.25) is 0 Å². The Labute approximate surface area is 90.1 Å². The first-order chi connectivity index (χ1) is 6.40. The fraction of sp³-hybridized carbons (Fsp3) is 1.00. The van der Waals surface area contributed by atoms with Crippen LogP contribution in [0.15, 0.2) is 0 Å². The molecule has 1 rings (SSSR count). The smallest absolute Gasteiger partial charge is 0.0507 e. The maximum absolute atomic E-state index is 12.1. The quantitative estimate of drug-likeness (QED) is 0.786. The van der Waals surface area contributed by atoms with Crippen molar-refractivity contribution < 1.29 is 4.21 Å². The van der Waals surface area contributed by atoms with Crippen molar-refractivity contribution in [2.45, 2.75) is 63.5 Å². The van der Waals surface area contributed by atoms with E-state index in [1.807, 2.05) is 0 Å². The van der Waals surface area contributed by atoms with E-state index in [1.54, 1.807) is 0 Å². The van der Waals surface area contributed by atoms with Crippen molar-refractivity contribution in [2.75, 3.05) is 0 Å². The molecule has 0 saturated heterocycles. The lowest BCUT2D eigenvalue weighted by atomic mass is 9.88. The van der Waals surface area contributed by atoms with Gasteiger partial charge in [0.15, 0.2) is 0 Å². The van der Waals surface area contributed by atoms with Gasteiger partial charge in [-0.25, -0.2) is 0 Å². The summed E-state index contributed by atoms with van der Waals surface area (Å²) in [6, 6.07) is 0.109. The summed E-state index contributed by atoms with van der Waals surface area (Å²) in [6.07, 6.45) is 3.13. The van der Waals surface area contributed by atoms with Crippen LogP contribution in [0.3, 0.4) is 0 Å². The lowest BCUT2D eigenvalue weighted by molar-refractivity contribution is 0.333. The summed E-state index contributed by atoms with van der Waals surface area (Å²) in [5, 5.41) is 0.514. The molecule has 0 amide bonds. The highest BCUT2D eigenvalue weighted by Gasteiger charge is 2.42. The molecule has 14 heavy (non-hydrogen) atoms. The topological polar surface area (TPSA) is 43.1 Å². The summed E-state index contributed by atoms with van der Waals surface area (Å²) in [5.41, 5.74) is 6.33. The summed E-state index contributed by atoms with van der Waals surface area (Å²) in [5.74, 6) is 0. The minimum Gasteiger partial charge on any atom is -0.326 e. The number of rotatable bonds is 3. The number of hydrogen-bond acceptors (Lipinski definition) is 2. The van der Waals surface area contributed by atoms with Crippen LogP contribution in [0.4, 0.5) is 0 Å². The van der Waals surface area contributed by atoms with Gasteiger partial charge in [-0.2, -0.15) is 0 Å². The van der Waals surface area contributed by atoms with Gasteiger partial charge >= 0.3 is 0 Å². The lowest BCUT2D eigenvalue weighted by Gasteiger charge is -2.27. The molecule has 84 valence electrons. The van der Waals surface area contributed by atoms with E-state index in [9.17, 15) is 4.21 Å². The Balaban J connectivity index is 2.68. The van der Waals surface area contributed by atoms with E-state index in [0.717, 1.165) is 19.3 Å². The molecule has 0 aromatic carbocycles. The van der Waals surface area contributed by atoms with Gasteiger partial charge in [0.05, 0.1) is 5.25 Å². The Kier molecular flexibility index (Phi) is 3.75. The first-order valence-corrected chi connectivity index (χ1v) is 6.82. The Hall–Kier alpha value is 0.110. The second kappa shape index (κ2) is 4.31. The number of hydrogen-bond donors (Lipinski definition) is 1. The summed E-state index contributed by atoms with van der Waals surface area (Å²) in [7, 11) is -0.742. The van der Waals surface area contributed by atoms with Crippen LogP contribution in [0, 0.1) is 5.41 Å². The SMILES string of the molecule is CCC(C)S(=O)C1CCC(C)(C)C1N. The molecule has 0 aromatic rings. The Morgan fingerprint density at radius 2 is 2.14 bits per heavy atom. The van der Waals surface area contributed by atoms with Crippen LogP contribution in [-0.2, 0) is 10.8 Å². The maximum Gasteiger partial charge on any atom is 0.0507 e. The van der Waals surface area contributed by atoms with Crippen molar-refractivity contribution in [1.29, 1.82) is 0 Å². The molecule has 0 spiro atoms. The van der Waals surface area contributed by atoms with Crippen LogP contribution >= 0.6 is 0 Å². The predicted octanol–water partition coefficient (Wildman–Crippen LogP) is 2.05. The molecule has 0 bridgehead atoms. The zero-order valence-corrected chi connectivity index (χ0v) is 10.6. The van der Waals surface area contributed by atoms with Crippen molar-refractivity contribution in [1.82, 2.24) is 0 Å². The average Bonchev–Trinajstić information content (AvgIpc) is 2.40. The molecule has 1 aliphatic rings. The highest BCUT2D eigenvalue weighted by molar-refractivity contribution is 7.86. The monoisotopic (exact) mass is 217 g/mol. The fourth-order valence-corrected chi connectivity index (χ4v) is 4.02. The van der Waals surface area contributed by atoms with Gasteiger partial charge in [-0.05, 0) is 24.7 Å². The van der Waals surface area contributed by atoms with Crippen LogP contribution in [0.25, 0.3) is 0 Å². The van der Waals surface area contributed by atoms with Crippen LogP contribution < -0.4 is 5.73 Å². The standard InChI is InChI=1S/C11H23NOS/c1-5-8(2)14(13)9-6-7-11(3,4)10(9)12/h8-10H,5-7,12H2,1-4H3. The van der Waals surface area contributed by atoms with Gasteiger partial charge in [0, 0.05) is 22.1 Å². The van der Waals surface area contributed by atoms with Gasteiger partial charge in [0.25, 0.3) is 0 Å². The average molecular weight is 217 g/mol. The minimum absolute atomic E-state index is 0.109. The molecule has 3 heteroatoms. The van der Waals surface area contributed by atoms with Gasteiger partial charge in [0.1, 0.15) is 0 Å². The lowest BCUT2D eigenvalue weighted by Crippen LogP contribution is -2.43. The first-order valence-electron chi connectivity index (χ1n) is 5.55. The zero-order valence-electron chi connectivity index (χ0n) is 9.75. The van der Waals surface area contributed by atoms with Crippen molar-refractivity contribution in [3.63, 3.8) is 0 Å². The molecule has 2 nitrogen and oxygen atoms in total. The Morgan fingerprint density at radius 3 is 2.50 bits per heavy atom. The first kappa shape index (κ1) is 12.2. The molecule has 1 saturated carbocycles. The molecule has 4 atom stereocenters. The van der Waals surface area contributed by atoms with Gasteiger partial charge < -0.3 is 5.73 Å². The molecule has 0 radical (unpaired) electrons. The van der Waals surface area contributed by atoms with E-state index in [1.165, 1.54) is 0 Å². The van der Waals surface area contributed by atoms with E-state index >= 15 is 0 Å². The van der Waals surface area contributed by atoms with E-state index in [-0.39, 0.29) is 16.7 Å². The van der Waals surface area contributed by atoms with Gasteiger partial charge in [-0.1, -0.05) is 27.7 Å². The van der Waals surface area contributed by atoms with Crippen molar-refractivity contribution in [3.8, 4) is 0 Å². The van der Waals surface area contributed by atoms with E-state index in [2.05, 4.69) is 27.7 Å². The van der Waals surface area contributed by atoms with Crippen LogP contribution in [-0.4, -0.2) is 20.8 Å². The third-order valence-corrected chi connectivity index (χ3v) is 5.90. The van der Waals surface area contributed by atoms with Crippen molar-refractivity contribution in [2.24, 2.45) is 11.1 Å². The molecule has 0 aliphatic heterocycles. The van der Waals surface area contributed by atoms with E-state index in [0.29, 0.717) is 5.25 Å². The molecular formula is C11H23NOS. The van der Waals surface area contributed by atoms with Crippen molar-refractivity contribution >= 4 is 10.8 Å². The molecule has 4 unspecified atom stereocenters. The van der Waals surface area contributed by atoms with Crippen LogP contribution in [0.1, 0.15) is 47.0 Å². The summed E-state index contributed by atoms with van der Waals surface area (Å²) < 4.78 is 12.1. The highest BCUT2D eigenvalue weighted by atomic mass is 32.2. The molecule has 1 fully saturated rings. The fourth-order valence-electron chi connectivity index (χ4n) is 2.09. The highest BCUT2D eigenvalue weighted by Crippen LogP contribution is 2.39. The second-order valence-corrected chi connectivity index (χ2v) is 7.21. The third-order valence-electron chi connectivity index (χ3n) is 3.65. The number of nitrogens with two attached hydrogens (primary N) is 1. The third kappa shape index (κ3) is 2.19. The van der Waals surface area contributed by atoms with Gasteiger partial charge in [0.2, 0.25) is 0 Å². The second-order valence-electron chi connectivity index (χ2n) is 5.14.